The molecule has 4 rings (SSSR count). The van der Waals surface area contributed by atoms with Crippen LogP contribution in [0, 0.1) is 0 Å². The van der Waals surface area contributed by atoms with E-state index in [-0.39, 0.29) is 22.3 Å². The zero-order chi connectivity index (χ0) is 19.8. The molecule has 8 nitrogen and oxygen atoms in total. The molecule has 0 unspecified atom stereocenters. The van der Waals surface area contributed by atoms with Crippen LogP contribution in [0.2, 0.25) is 10.0 Å². The van der Waals surface area contributed by atoms with Gasteiger partial charge in [-0.15, -0.1) is 0 Å². The zero-order valence-electron chi connectivity index (χ0n) is 14.3. The number of amides is 3. The standard InChI is InChI=1S/C18H13Cl2N5O3/c19-11-7-4-8-12(20)14(11)21-13(26)9-24-16-15(22-23-24)17(27)25(18(16)28)10-5-2-1-3-6-10/h1-8,15-16H,9H2,(H,21,26)/t15-,16-/m0/s1. The number of fused-ring (bicyclic) bond motifs is 1. The fourth-order valence-electron chi connectivity index (χ4n) is 3.13. The molecule has 10 heteroatoms. The van der Waals surface area contributed by atoms with Crippen LogP contribution < -0.4 is 10.2 Å². The molecule has 1 saturated heterocycles. The molecule has 1 fully saturated rings. The van der Waals surface area contributed by atoms with Gasteiger partial charge in [0, 0.05) is 0 Å². The summed E-state index contributed by atoms with van der Waals surface area (Å²) in [6.07, 6.45) is 0. The summed E-state index contributed by atoms with van der Waals surface area (Å²) in [7, 11) is 0. The number of hydrogen-bond donors (Lipinski definition) is 1. The Morgan fingerprint density at radius 2 is 1.68 bits per heavy atom. The molecule has 2 aromatic carbocycles. The lowest BCUT2D eigenvalue weighted by Crippen LogP contribution is -2.43. The summed E-state index contributed by atoms with van der Waals surface area (Å²) in [5.74, 6) is -1.44. The lowest BCUT2D eigenvalue weighted by Gasteiger charge is -2.20. The highest BCUT2D eigenvalue weighted by atomic mass is 35.5. The van der Waals surface area contributed by atoms with Crippen LogP contribution in [0.4, 0.5) is 11.4 Å². The summed E-state index contributed by atoms with van der Waals surface area (Å²) in [4.78, 5) is 38.9. The summed E-state index contributed by atoms with van der Waals surface area (Å²) in [6.45, 7) is -0.284. The molecule has 142 valence electrons. The van der Waals surface area contributed by atoms with Crippen LogP contribution in [0.15, 0.2) is 58.9 Å². The van der Waals surface area contributed by atoms with Crippen LogP contribution in [-0.4, -0.2) is 41.4 Å². The third-order valence-corrected chi connectivity index (χ3v) is 5.04. The smallest absolute Gasteiger partial charge is 0.263 e. The highest BCUT2D eigenvalue weighted by molar-refractivity contribution is 6.39. The predicted octanol–water partition coefficient (Wildman–Crippen LogP) is 2.93. The van der Waals surface area contributed by atoms with Gasteiger partial charge in [0.1, 0.15) is 6.54 Å². The lowest BCUT2D eigenvalue weighted by molar-refractivity contribution is -0.123. The normalized spacial score (nSPS) is 20.6. The number of carbonyl (C=O) groups excluding carboxylic acids is 3. The van der Waals surface area contributed by atoms with E-state index in [2.05, 4.69) is 15.7 Å². The second-order valence-electron chi connectivity index (χ2n) is 6.18. The number of anilines is 2. The Morgan fingerprint density at radius 1 is 1.00 bits per heavy atom. The molecule has 0 bridgehead atoms. The number of imide groups is 1. The van der Waals surface area contributed by atoms with Crippen LogP contribution in [0.5, 0.6) is 0 Å². The molecular weight excluding hydrogens is 405 g/mol. The Kier molecular flexibility index (Phi) is 4.74. The van der Waals surface area contributed by atoms with Gasteiger partial charge >= 0.3 is 0 Å². The number of rotatable bonds is 4. The van der Waals surface area contributed by atoms with Crippen LogP contribution in [0.1, 0.15) is 0 Å². The molecule has 0 spiro atoms. The number of hydrogen-bond acceptors (Lipinski definition) is 6. The number of carbonyl (C=O) groups is 3. The van der Waals surface area contributed by atoms with Crippen LogP contribution >= 0.6 is 23.2 Å². The predicted molar refractivity (Wildman–Crippen MR) is 103 cm³/mol. The minimum absolute atomic E-state index is 0.267. The molecule has 0 radical (unpaired) electrons. The number of halogens is 2. The first kappa shape index (κ1) is 18.4. The van der Waals surface area contributed by atoms with Crippen molar-refractivity contribution >= 4 is 52.3 Å². The lowest BCUT2D eigenvalue weighted by atomic mass is 10.1. The van der Waals surface area contributed by atoms with Gasteiger partial charge in [-0.2, -0.15) is 5.11 Å². The third kappa shape index (κ3) is 3.10. The molecule has 2 aromatic rings. The van der Waals surface area contributed by atoms with E-state index in [0.717, 1.165) is 4.90 Å². The van der Waals surface area contributed by atoms with Gasteiger partial charge in [-0.1, -0.05) is 52.7 Å². The Labute approximate surface area is 169 Å². The fourth-order valence-corrected chi connectivity index (χ4v) is 3.62. The minimum Gasteiger partial charge on any atom is -0.322 e. The SMILES string of the molecule is O=C(CN1N=N[C@@H]2C(=O)N(c3ccccc3)C(=O)[C@H]21)Nc1c(Cl)cccc1Cl. The Bertz CT molecular complexity index is 978. The molecule has 2 aliphatic rings. The summed E-state index contributed by atoms with van der Waals surface area (Å²) in [6, 6.07) is 11.5. The molecule has 1 N–H and O–H groups in total. The Hall–Kier alpha value is -2.97. The van der Waals surface area contributed by atoms with Crippen molar-refractivity contribution in [2.75, 3.05) is 16.8 Å². The van der Waals surface area contributed by atoms with Gasteiger partial charge in [-0.25, -0.2) is 4.90 Å². The van der Waals surface area contributed by atoms with Crippen LogP contribution in [0.3, 0.4) is 0 Å². The number of para-hydroxylation sites is 2. The van der Waals surface area contributed by atoms with Gasteiger partial charge in [0.25, 0.3) is 11.8 Å². The molecule has 2 aliphatic heterocycles. The summed E-state index contributed by atoms with van der Waals surface area (Å²) < 4.78 is 0. The van der Waals surface area contributed by atoms with Crippen molar-refractivity contribution in [3.8, 4) is 0 Å². The largest absolute Gasteiger partial charge is 0.322 e. The van der Waals surface area contributed by atoms with Gasteiger partial charge in [-0.3, -0.25) is 19.4 Å². The first-order chi connectivity index (χ1) is 13.5. The summed E-state index contributed by atoms with van der Waals surface area (Å²) in [5.41, 5.74) is 0.720. The first-order valence-corrected chi connectivity index (χ1v) is 9.07. The highest BCUT2D eigenvalue weighted by Crippen LogP contribution is 2.32. The van der Waals surface area contributed by atoms with Gasteiger partial charge < -0.3 is 5.32 Å². The quantitative estimate of drug-likeness (QED) is 0.773. The van der Waals surface area contributed by atoms with Crippen molar-refractivity contribution in [2.24, 2.45) is 10.3 Å². The van der Waals surface area contributed by atoms with Crippen molar-refractivity contribution in [1.29, 1.82) is 0 Å². The molecule has 2 heterocycles. The van der Waals surface area contributed by atoms with E-state index >= 15 is 0 Å². The van der Waals surface area contributed by atoms with E-state index < -0.39 is 29.8 Å². The number of nitrogens with zero attached hydrogens (tertiary/aromatic N) is 4. The van der Waals surface area contributed by atoms with Crippen molar-refractivity contribution in [3.05, 3.63) is 58.6 Å². The Morgan fingerprint density at radius 3 is 2.36 bits per heavy atom. The number of benzene rings is 2. The van der Waals surface area contributed by atoms with Crippen LogP contribution in [0.25, 0.3) is 0 Å². The number of nitrogens with one attached hydrogen (secondary N) is 1. The van der Waals surface area contributed by atoms with E-state index in [1.165, 1.54) is 5.01 Å². The maximum Gasteiger partial charge on any atom is 0.263 e. The van der Waals surface area contributed by atoms with Gasteiger partial charge in [0.2, 0.25) is 5.91 Å². The summed E-state index contributed by atoms with van der Waals surface area (Å²) >= 11 is 12.1. The van der Waals surface area contributed by atoms with E-state index in [1.54, 1.807) is 48.5 Å². The van der Waals surface area contributed by atoms with E-state index in [4.69, 9.17) is 23.2 Å². The molecular formula is C18H13Cl2N5O3. The minimum atomic E-state index is -0.968. The average Bonchev–Trinajstić information content (AvgIpc) is 3.19. The van der Waals surface area contributed by atoms with Crippen molar-refractivity contribution in [2.45, 2.75) is 12.1 Å². The topological polar surface area (TPSA) is 94.4 Å². The van der Waals surface area contributed by atoms with Gasteiger partial charge in [0.05, 0.1) is 21.4 Å². The molecule has 2 atom stereocenters. The van der Waals surface area contributed by atoms with Crippen molar-refractivity contribution < 1.29 is 14.4 Å². The molecule has 3 amide bonds. The monoisotopic (exact) mass is 417 g/mol. The van der Waals surface area contributed by atoms with E-state index in [1.807, 2.05) is 0 Å². The average molecular weight is 418 g/mol. The molecule has 28 heavy (non-hydrogen) atoms. The van der Waals surface area contributed by atoms with Gasteiger partial charge in [0.15, 0.2) is 12.1 Å². The van der Waals surface area contributed by atoms with E-state index in [9.17, 15) is 14.4 Å². The second kappa shape index (κ2) is 7.21. The highest BCUT2D eigenvalue weighted by Gasteiger charge is 2.55. The molecule has 0 aromatic heterocycles. The first-order valence-electron chi connectivity index (χ1n) is 8.31. The Balaban J connectivity index is 1.50. The molecule has 0 saturated carbocycles. The molecule has 0 aliphatic carbocycles. The second-order valence-corrected chi connectivity index (χ2v) is 7.00. The zero-order valence-corrected chi connectivity index (χ0v) is 15.8. The van der Waals surface area contributed by atoms with Gasteiger partial charge in [-0.05, 0) is 24.3 Å². The maximum absolute atomic E-state index is 12.8. The van der Waals surface area contributed by atoms with E-state index in [0.29, 0.717) is 5.69 Å². The van der Waals surface area contributed by atoms with Crippen molar-refractivity contribution in [3.63, 3.8) is 0 Å². The summed E-state index contributed by atoms with van der Waals surface area (Å²) in [5, 5.41) is 12.1. The van der Waals surface area contributed by atoms with Crippen molar-refractivity contribution in [1.82, 2.24) is 5.01 Å². The fraction of sp³-hybridized carbons (Fsp3) is 0.167. The third-order valence-electron chi connectivity index (χ3n) is 4.41. The van der Waals surface area contributed by atoms with Crippen LogP contribution in [-0.2, 0) is 14.4 Å². The maximum atomic E-state index is 12.8.